The zero-order chi connectivity index (χ0) is 21.0. The number of hydrogen-bond acceptors (Lipinski definition) is 4. The van der Waals surface area contributed by atoms with E-state index in [0.29, 0.717) is 17.2 Å². The number of carbonyl (C=O) groups excluding carboxylic acids is 1. The van der Waals surface area contributed by atoms with Gasteiger partial charge in [0, 0.05) is 38.4 Å². The molecule has 3 heterocycles. The number of nitrogens with zero attached hydrogens (tertiary/aromatic N) is 3. The molecule has 4 saturated carbocycles. The summed E-state index contributed by atoms with van der Waals surface area (Å²) in [5.41, 5.74) is 8.97. The van der Waals surface area contributed by atoms with Crippen molar-refractivity contribution in [2.24, 2.45) is 28.9 Å². The van der Waals surface area contributed by atoms with Gasteiger partial charge in [0.15, 0.2) is 0 Å². The first-order chi connectivity index (χ1) is 15.1. The van der Waals surface area contributed by atoms with Crippen molar-refractivity contribution >= 4 is 11.6 Å². The quantitative estimate of drug-likeness (QED) is 0.777. The third-order valence-corrected chi connectivity index (χ3v) is 8.58. The summed E-state index contributed by atoms with van der Waals surface area (Å²) in [6, 6.07) is 6.20. The molecule has 3 N–H and O–H groups in total. The van der Waals surface area contributed by atoms with Crippen LogP contribution in [0.5, 0.6) is 0 Å². The summed E-state index contributed by atoms with van der Waals surface area (Å²) >= 11 is 0. The van der Waals surface area contributed by atoms with E-state index in [1.165, 1.54) is 38.5 Å². The van der Waals surface area contributed by atoms with Crippen LogP contribution < -0.4 is 11.1 Å². The number of pyridine rings is 1. The molecule has 5 aliphatic rings. The van der Waals surface area contributed by atoms with Gasteiger partial charge in [-0.25, -0.2) is 4.98 Å². The van der Waals surface area contributed by atoms with Gasteiger partial charge < -0.3 is 11.1 Å². The minimum absolute atomic E-state index is 0.0363. The monoisotopic (exact) mass is 421 g/mol. The number of fused-ring (bicyclic) bond motifs is 1. The summed E-state index contributed by atoms with van der Waals surface area (Å²) in [4.78, 5) is 20.4. The Kier molecular flexibility index (Phi) is 4.83. The number of imidazole rings is 1. The lowest BCUT2D eigenvalue weighted by Crippen LogP contribution is -2.51. The first-order valence-electron chi connectivity index (χ1n) is 12.3. The average molecular weight is 422 g/mol. The summed E-state index contributed by atoms with van der Waals surface area (Å²) in [7, 11) is 0. The van der Waals surface area contributed by atoms with Gasteiger partial charge in [-0.2, -0.15) is 0 Å². The fraction of sp³-hybridized carbons (Fsp3) is 0.680. The Labute approximate surface area is 184 Å². The third-order valence-electron chi connectivity index (χ3n) is 8.58. The fourth-order valence-electron chi connectivity index (χ4n) is 7.53. The van der Waals surface area contributed by atoms with Gasteiger partial charge in [-0.3, -0.25) is 14.1 Å². The van der Waals surface area contributed by atoms with Crippen LogP contribution in [0.25, 0.3) is 5.65 Å². The van der Waals surface area contributed by atoms with Crippen LogP contribution in [0.1, 0.15) is 67.5 Å². The Morgan fingerprint density at radius 3 is 2.45 bits per heavy atom. The average Bonchev–Trinajstić information content (AvgIpc) is 3.15. The standard InChI is InChI=1S/C25H35N5O/c26-20-4-6-29(7-5-20)14-21-15-30-22(2-1-3-23(30)28-21)24(31)27-16-25-11-17-8-18(12-25)10-19(9-17)13-25/h1-3,15,17-20H,4-14,16,26H2,(H,27,31). The van der Waals surface area contributed by atoms with Crippen LogP contribution >= 0.6 is 0 Å². The topological polar surface area (TPSA) is 75.7 Å². The maximum atomic E-state index is 13.2. The molecule has 4 aliphatic carbocycles. The van der Waals surface area contributed by atoms with Gasteiger partial charge >= 0.3 is 0 Å². The van der Waals surface area contributed by atoms with E-state index in [1.807, 2.05) is 28.8 Å². The molecule has 31 heavy (non-hydrogen) atoms. The van der Waals surface area contributed by atoms with Gasteiger partial charge in [-0.05, 0) is 86.7 Å². The molecular formula is C25H35N5O. The minimum atomic E-state index is 0.0363. The summed E-state index contributed by atoms with van der Waals surface area (Å²) < 4.78 is 1.97. The lowest BCUT2D eigenvalue weighted by atomic mass is 9.49. The molecule has 2 aromatic heterocycles. The van der Waals surface area contributed by atoms with Crippen molar-refractivity contribution in [1.29, 1.82) is 0 Å². The Morgan fingerprint density at radius 1 is 1.10 bits per heavy atom. The molecule has 0 spiro atoms. The van der Waals surface area contributed by atoms with E-state index in [1.54, 1.807) is 0 Å². The summed E-state index contributed by atoms with van der Waals surface area (Å²) in [5.74, 6) is 2.76. The first kappa shape index (κ1) is 19.7. The number of likely N-dealkylation sites (tertiary alicyclic amines) is 1. The summed E-state index contributed by atoms with van der Waals surface area (Å²) in [6.45, 7) is 3.70. The zero-order valence-corrected chi connectivity index (χ0v) is 18.4. The Balaban J connectivity index is 1.16. The van der Waals surface area contributed by atoms with E-state index in [0.717, 1.165) is 68.1 Å². The van der Waals surface area contributed by atoms with E-state index in [4.69, 9.17) is 10.7 Å². The van der Waals surface area contributed by atoms with E-state index in [2.05, 4.69) is 10.2 Å². The fourth-order valence-corrected chi connectivity index (χ4v) is 7.53. The molecule has 0 aromatic carbocycles. The number of nitrogens with one attached hydrogen (secondary N) is 1. The normalized spacial score (nSPS) is 33.3. The van der Waals surface area contributed by atoms with E-state index in [9.17, 15) is 4.79 Å². The summed E-state index contributed by atoms with van der Waals surface area (Å²) in [5, 5.41) is 3.33. The SMILES string of the molecule is NC1CCN(Cc2cn3c(C(=O)NCC45CC6CC(CC(C6)C4)C5)cccc3n2)CC1. The molecule has 4 bridgehead atoms. The number of nitrogens with two attached hydrogens (primary N) is 1. The molecule has 0 radical (unpaired) electrons. The van der Waals surface area contributed by atoms with Crippen LogP contribution in [-0.2, 0) is 6.54 Å². The van der Waals surface area contributed by atoms with E-state index < -0.39 is 0 Å². The predicted molar refractivity (Wildman–Crippen MR) is 121 cm³/mol. The highest BCUT2D eigenvalue weighted by molar-refractivity contribution is 5.93. The van der Waals surface area contributed by atoms with E-state index >= 15 is 0 Å². The molecule has 1 saturated heterocycles. The van der Waals surface area contributed by atoms with Crippen LogP contribution in [0.3, 0.4) is 0 Å². The van der Waals surface area contributed by atoms with Crippen molar-refractivity contribution in [3.63, 3.8) is 0 Å². The first-order valence-corrected chi connectivity index (χ1v) is 12.3. The summed E-state index contributed by atoms with van der Waals surface area (Å²) in [6.07, 6.45) is 12.4. The highest BCUT2D eigenvalue weighted by atomic mass is 16.1. The van der Waals surface area contributed by atoms with Crippen LogP contribution in [-0.4, -0.2) is 45.9 Å². The molecule has 1 aliphatic heterocycles. The maximum Gasteiger partial charge on any atom is 0.268 e. The Hall–Kier alpha value is -1.92. The van der Waals surface area contributed by atoms with Crippen molar-refractivity contribution in [3.8, 4) is 0 Å². The van der Waals surface area contributed by atoms with Crippen molar-refractivity contribution in [2.45, 2.75) is 64.0 Å². The van der Waals surface area contributed by atoms with Gasteiger partial charge in [0.05, 0.1) is 5.69 Å². The maximum absolute atomic E-state index is 13.2. The van der Waals surface area contributed by atoms with Crippen LogP contribution in [0, 0.1) is 23.2 Å². The lowest BCUT2D eigenvalue weighted by Gasteiger charge is -2.56. The van der Waals surface area contributed by atoms with Gasteiger partial charge in [0.1, 0.15) is 11.3 Å². The number of carbonyl (C=O) groups is 1. The van der Waals surface area contributed by atoms with Crippen molar-refractivity contribution in [2.75, 3.05) is 19.6 Å². The van der Waals surface area contributed by atoms with Gasteiger partial charge in [0.2, 0.25) is 0 Å². The molecule has 166 valence electrons. The van der Waals surface area contributed by atoms with Gasteiger partial charge in [0.25, 0.3) is 5.91 Å². The van der Waals surface area contributed by atoms with Crippen molar-refractivity contribution < 1.29 is 4.79 Å². The highest BCUT2D eigenvalue weighted by Crippen LogP contribution is 2.59. The van der Waals surface area contributed by atoms with Crippen LogP contribution in [0.15, 0.2) is 24.4 Å². The number of aromatic nitrogens is 2. The highest BCUT2D eigenvalue weighted by Gasteiger charge is 2.50. The minimum Gasteiger partial charge on any atom is -0.350 e. The predicted octanol–water partition coefficient (Wildman–Crippen LogP) is 3.20. The second kappa shape index (κ2) is 7.59. The molecule has 6 nitrogen and oxygen atoms in total. The molecule has 1 amide bonds. The number of rotatable bonds is 5. The van der Waals surface area contributed by atoms with Gasteiger partial charge in [-0.1, -0.05) is 6.07 Å². The number of piperidine rings is 1. The van der Waals surface area contributed by atoms with Crippen molar-refractivity contribution in [1.82, 2.24) is 19.6 Å². The lowest BCUT2D eigenvalue weighted by molar-refractivity contribution is -0.0503. The second-order valence-electron chi connectivity index (χ2n) is 11.1. The number of hydrogen-bond donors (Lipinski definition) is 2. The Morgan fingerprint density at radius 2 is 1.77 bits per heavy atom. The van der Waals surface area contributed by atoms with Crippen LogP contribution in [0.4, 0.5) is 0 Å². The number of amides is 1. The Bertz CT molecular complexity index is 938. The zero-order valence-electron chi connectivity index (χ0n) is 18.4. The molecule has 0 atom stereocenters. The molecular weight excluding hydrogens is 386 g/mol. The molecule has 7 rings (SSSR count). The van der Waals surface area contributed by atoms with Crippen LogP contribution in [0.2, 0.25) is 0 Å². The largest absolute Gasteiger partial charge is 0.350 e. The van der Waals surface area contributed by atoms with E-state index in [-0.39, 0.29) is 5.91 Å². The third kappa shape index (κ3) is 3.78. The van der Waals surface area contributed by atoms with Crippen molar-refractivity contribution in [3.05, 3.63) is 35.8 Å². The second-order valence-corrected chi connectivity index (χ2v) is 11.1. The molecule has 5 fully saturated rings. The molecule has 0 unspecified atom stereocenters. The molecule has 2 aromatic rings. The van der Waals surface area contributed by atoms with Gasteiger partial charge in [-0.15, -0.1) is 0 Å². The smallest absolute Gasteiger partial charge is 0.268 e. The molecule has 6 heteroatoms.